The average Bonchev–Trinajstić information content (AvgIpc) is 3.09. The molecular weight excluding hydrogens is 416 g/mol. The summed E-state index contributed by atoms with van der Waals surface area (Å²) in [6.07, 6.45) is 9.36. The molecule has 1 aliphatic rings. The van der Waals surface area contributed by atoms with E-state index in [1.165, 1.54) is 43.9 Å². The normalized spacial score (nSPS) is 16.3. The van der Waals surface area contributed by atoms with Gasteiger partial charge < -0.3 is 10.1 Å². The molecule has 0 unspecified atom stereocenters. The topological polar surface area (TPSA) is 50.7 Å². The van der Waals surface area contributed by atoms with Gasteiger partial charge in [0.05, 0.1) is 17.2 Å². The van der Waals surface area contributed by atoms with Gasteiger partial charge in [0.1, 0.15) is 5.75 Å². The quantitative estimate of drug-likeness (QED) is 0.319. The van der Waals surface area contributed by atoms with E-state index < -0.39 is 0 Å². The van der Waals surface area contributed by atoms with Crippen LogP contribution in [-0.4, -0.2) is 17.7 Å². The second-order valence-electron chi connectivity index (χ2n) is 7.14. The van der Waals surface area contributed by atoms with Gasteiger partial charge in [0, 0.05) is 5.02 Å². The summed E-state index contributed by atoms with van der Waals surface area (Å²) in [5.74, 6) is 0.718. The molecule has 1 heterocycles. The summed E-state index contributed by atoms with van der Waals surface area (Å²) in [4.78, 5) is 17.3. The molecule has 0 spiro atoms. The van der Waals surface area contributed by atoms with Crippen molar-refractivity contribution in [2.24, 2.45) is 4.99 Å². The Labute approximate surface area is 187 Å². The molecule has 1 amide bonds. The van der Waals surface area contributed by atoms with Gasteiger partial charge in [-0.15, -0.1) is 0 Å². The van der Waals surface area contributed by atoms with Crippen LogP contribution in [0.1, 0.15) is 51.0 Å². The maximum atomic E-state index is 12.2. The van der Waals surface area contributed by atoms with Gasteiger partial charge in [0.2, 0.25) is 0 Å². The summed E-state index contributed by atoms with van der Waals surface area (Å²) < 4.78 is 5.82. The van der Waals surface area contributed by atoms with E-state index in [0.29, 0.717) is 15.1 Å². The number of nitrogens with zero attached hydrogens (tertiary/aromatic N) is 1. The molecule has 2 aromatic carbocycles. The van der Waals surface area contributed by atoms with E-state index in [4.69, 9.17) is 16.3 Å². The van der Waals surface area contributed by atoms with E-state index >= 15 is 0 Å². The Morgan fingerprint density at radius 3 is 2.43 bits per heavy atom. The van der Waals surface area contributed by atoms with E-state index in [-0.39, 0.29) is 5.91 Å². The van der Waals surface area contributed by atoms with Crippen LogP contribution in [0.5, 0.6) is 5.75 Å². The van der Waals surface area contributed by atoms with Gasteiger partial charge in [-0.1, -0.05) is 62.8 Å². The molecule has 0 radical (unpaired) electrons. The van der Waals surface area contributed by atoms with Crippen LogP contribution in [0.25, 0.3) is 6.08 Å². The van der Waals surface area contributed by atoms with E-state index in [2.05, 4.69) is 17.2 Å². The van der Waals surface area contributed by atoms with Crippen molar-refractivity contribution in [2.45, 2.75) is 45.4 Å². The van der Waals surface area contributed by atoms with E-state index in [1.54, 1.807) is 12.1 Å². The Morgan fingerprint density at radius 2 is 1.70 bits per heavy atom. The summed E-state index contributed by atoms with van der Waals surface area (Å²) in [7, 11) is 0. The Morgan fingerprint density at radius 1 is 1.00 bits per heavy atom. The van der Waals surface area contributed by atoms with E-state index in [0.717, 1.165) is 30.0 Å². The monoisotopic (exact) mass is 442 g/mol. The molecule has 158 valence electrons. The number of nitrogens with one attached hydrogen (secondary N) is 1. The number of rotatable bonds is 10. The number of amides is 1. The molecule has 0 aromatic heterocycles. The van der Waals surface area contributed by atoms with Gasteiger partial charge in [0.25, 0.3) is 5.91 Å². The van der Waals surface area contributed by atoms with Crippen molar-refractivity contribution in [2.75, 3.05) is 6.61 Å². The number of hydrogen-bond donors (Lipinski definition) is 1. The van der Waals surface area contributed by atoms with Crippen LogP contribution in [-0.2, 0) is 4.79 Å². The number of thioether (sulfide) groups is 1. The highest BCUT2D eigenvalue weighted by Gasteiger charge is 2.23. The van der Waals surface area contributed by atoms with Crippen LogP contribution in [0.4, 0.5) is 5.69 Å². The molecule has 30 heavy (non-hydrogen) atoms. The SMILES string of the molecule is CCCCCCCCOc1ccc(C=C2SC(=Nc3ccc(Cl)cc3)NC2=O)cc1. The number of benzene rings is 2. The number of ether oxygens (including phenoxy) is 1. The number of hydrogen-bond acceptors (Lipinski definition) is 4. The molecule has 4 nitrogen and oxygen atoms in total. The van der Waals surface area contributed by atoms with Crippen LogP contribution >= 0.6 is 23.4 Å². The molecule has 1 fully saturated rings. The van der Waals surface area contributed by atoms with Crippen LogP contribution in [0.3, 0.4) is 0 Å². The lowest BCUT2D eigenvalue weighted by Gasteiger charge is -2.06. The molecular formula is C24H27ClN2O2S. The van der Waals surface area contributed by atoms with Gasteiger partial charge >= 0.3 is 0 Å². The fourth-order valence-electron chi connectivity index (χ4n) is 3.00. The summed E-state index contributed by atoms with van der Waals surface area (Å²) in [5.41, 5.74) is 1.70. The third-order valence-corrected chi connectivity index (χ3v) is 5.81. The van der Waals surface area contributed by atoms with Crippen molar-refractivity contribution in [3.05, 3.63) is 64.0 Å². The predicted octanol–water partition coefficient (Wildman–Crippen LogP) is 6.97. The maximum absolute atomic E-state index is 12.2. The zero-order valence-corrected chi connectivity index (χ0v) is 18.8. The Hall–Kier alpha value is -2.24. The third kappa shape index (κ3) is 7.22. The third-order valence-electron chi connectivity index (χ3n) is 4.65. The highest BCUT2D eigenvalue weighted by Crippen LogP contribution is 2.28. The first kappa shape index (κ1) is 22.4. The van der Waals surface area contributed by atoms with E-state index in [1.807, 2.05) is 42.5 Å². The predicted molar refractivity (Wildman–Crippen MR) is 128 cm³/mol. The fraction of sp³-hybridized carbons (Fsp3) is 0.333. The van der Waals surface area contributed by atoms with Crippen LogP contribution < -0.4 is 10.1 Å². The van der Waals surface area contributed by atoms with Gasteiger partial charge in [-0.05, 0) is 66.2 Å². The van der Waals surface area contributed by atoms with Crippen LogP contribution in [0, 0.1) is 0 Å². The molecule has 0 aliphatic carbocycles. The second kappa shape index (κ2) is 11.8. The molecule has 2 aromatic rings. The van der Waals surface area contributed by atoms with Gasteiger partial charge in [-0.3, -0.25) is 4.79 Å². The molecule has 1 saturated heterocycles. The second-order valence-corrected chi connectivity index (χ2v) is 8.61. The van der Waals surface area contributed by atoms with Gasteiger partial charge in [-0.25, -0.2) is 4.99 Å². The average molecular weight is 443 g/mol. The fourth-order valence-corrected chi connectivity index (χ4v) is 3.97. The first-order valence-corrected chi connectivity index (χ1v) is 11.6. The molecule has 1 aliphatic heterocycles. The minimum absolute atomic E-state index is 0.142. The largest absolute Gasteiger partial charge is 0.494 e. The summed E-state index contributed by atoms with van der Waals surface area (Å²) >= 11 is 7.22. The number of aliphatic imine (C=N–C) groups is 1. The molecule has 6 heteroatoms. The summed E-state index contributed by atoms with van der Waals surface area (Å²) in [6.45, 7) is 2.98. The molecule has 0 atom stereocenters. The highest BCUT2D eigenvalue weighted by atomic mass is 35.5. The van der Waals surface area contributed by atoms with Crippen LogP contribution in [0.2, 0.25) is 5.02 Å². The van der Waals surface area contributed by atoms with Gasteiger partial charge in [0.15, 0.2) is 5.17 Å². The maximum Gasteiger partial charge on any atom is 0.264 e. The van der Waals surface area contributed by atoms with E-state index in [9.17, 15) is 4.79 Å². The Bertz CT molecular complexity index is 892. The van der Waals surface area contributed by atoms with Crippen molar-refractivity contribution < 1.29 is 9.53 Å². The van der Waals surface area contributed by atoms with Crippen molar-refractivity contribution in [1.29, 1.82) is 0 Å². The van der Waals surface area contributed by atoms with Crippen molar-refractivity contribution in [1.82, 2.24) is 5.32 Å². The number of halogens is 1. The molecule has 3 rings (SSSR count). The zero-order valence-electron chi connectivity index (χ0n) is 17.2. The van der Waals surface area contributed by atoms with Gasteiger partial charge in [-0.2, -0.15) is 0 Å². The first-order chi connectivity index (χ1) is 14.6. The number of unbranched alkanes of at least 4 members (excludes halogenated alkanes) is 5. The number of carbonyl (C=O) groups is 1. The first-order valence-electron chi connectivity index (χ1n) is 10.4. The van der Waals surface area contributed by atoms with Crippen LogP contribution in [0.15, 0.2) is 58.4 Å². The lowest BCUT2D eigenvalue weighted by atomic mass is 10.1. The lowest BCUT2D eigenvalue weighted by Crippen LogP contribution is -2.19. The smallest absolute Gasteiger partial charge is 0.264 e. The minimum atomic E-state index is -0.142. The number of amidine groups is 1. The summed E-state index contributed by atoms with van der Waals surface area (Å²) in [6, 6.07) is 15.0. The zero-order chi connectivity index (χ0) is 21.2. The standard InChI is InChI=1S/C24H27ClN2O2S/c1-2-3-4-5-6-7-16-29-21-14-8-18(9-15-21)17-22-23(28)27-24(30-22)26-20-12-10-19(25)11-13-20/h8-15,17H,2-7,16H2,1H3,(H,26,27,28). The number of carbonyl (C=O) groups excluding carboxylic acids is 1. The van der Waals surface area contributed by atoms with Crippen molar-refractivity contribution in [3.63, 3.8) is 0 Å². The highest BCUT2D eigenvalue weighted by molar-refractivity contribution is 8.18. The Balaban J connectivity index is 1.50. The minimum Gasteiger partial charge on any atom is -0.494 e. The summed E-state index contributed by atoms with van der Waals surface area (Å²) in [5, 5.41) is 4.02. The Kier molecular flexibility index (Phi) is 8.84. The molecule has 1 N–H and O–H groups in total. The van der Waals surface area contributed by atoms with Crippen molar-refractivity contribution >= 4 is 46.2 Å². The molecule has 0 saturated carbocycles. The lowest BCUT2D eigenvalue weighted by molar-refractivity contribution is -0.115. The van der Waals surface area contributed by atoms with Crippen molar-refractivity contribution in [3.8, 4) is 5.75 Å². The molecule has 0 bridgehead atoms.